The first-order valence-electron chi connectivity index (χ1n) is 13.9. The number of pyridine rings is 1. The number of piperidine rings is 1. The molecule has 1 aliphatic rings. The van der Waals surface area contributed by atoms with Gasteiger partial charge in [-0.15, -0.1) is 11.3 Å². The van der Waals surface area contributed by atoms with Gasteiger partial charge in [-0.25, -0.2) is 0 Å². The quantitative estimate of drug-likeness (QED) is 0.154. The number of amides is 1. The van der Waals surface area contributed by atoms with Crippen LogP contribution in [0.5, 0.6) is 0 Å². The number of carbonyl (C=O) groups excluding carboxylic acids is 1. The van der Waals surface area contributed by atoms with Crippen molar-refractivity contribution in [2.75, 3.05) is 49.2 Å². The van der Waals surface area contributed by atoms with Gasteiger partial charge in [-0.3, -0.25) is 9.78 Å². The molecule has 208 valence electrons. The lowest BCUT2D eigenvalue weighted by molar-refractivity contribution is 0.103. The first-order valence-corrected chi connectivity index (χ1v) is 14.7. The second-order valence-electron chi connectivity index (χ2n) is 9.84. The molecule has 0 bridgehead atoms. The van der Waals surface area contributed by atoms with E-state index in [0.717, 1.165) is 52.4 Å². The van der Waals surface area contributed by atoms with E-state index in [9.17, 15) is 4.79 Å². The minimum atomic E-state index is -0.139. The molecule has 1 saturated heterocycles. The van der Waals surface area contributed by atoms with Crippen LogP contribution in [0, 0.1) is 0 Å². The Hall–Kier alpha value is -4.08. The predicted octanol–water partition coefficient (Wildman–Crippen LogP) is 5.67. The molecule has 5 rings (SSSR count). The molecule has 3 heterocycles. The van der Waals surface area contributed by atoms with Gasteiger partial charge in [0.2, 0.25) is 0 Å². The van der Waals surface area contributed by atoms with E-state index in [2.05, 4.69) is 42.5 Å². The fourth-order valence-electron chi connectivity index (χ4n) is 4.95. The third kappa shape index (κ3) is 7.31. The van der Waals surface area contributed by atoms with Crippen LogP contribution in [0.1, 0.15) is 34.5 Å². The minimum Gasteiger partial charge on any atom is -0.391 e. The molecule has 0 unspecified atom stereocenters. The Bertz CT molecular complexity index is 1440. The predicted molar refractivity (Wildman–Crippen MR) is 167 cm³/mol. The van der Waals surface area contributed by atoms with Crippen LogP contribution in [0.15, 0.2) is 84.3 Å². The summed E-state index contributed by atoms with van der Waals surface area (Å²) in [5, 5.41) is 19.6. The summed E-state index contributed by atoms with van der Waals surface area (Å²) in [5.41, 5.74) is 4.53. The second kappa shape index (κ2) is 13.8. The van der Waals surface area contributed by atoms with Crippen LogP contribution in [0.2, 0.25) is 0 Å². The van der Waals surface area contributed by atoms with Gasteiger partial charge in [-0.1, -0.05) is 30.7 Å². The summed E-state index contributed by atoms with van der Waals surface area (Å²) in [6, 6.07) is 19.8. The first-order chi connectivity index (χ1) is 19.7. The van der Waals surface area contributed by atoms with Gasteiger partial charge in [0, 0.05) is 55.8 Å². The van der Waals surface area contributed by atoms with E-state index in [4.69, 9.17) is 0 Å². The van der Waals surface area contributed by atoms with E-state index < -0.39 is 0 Å². The van der Waals surface area contributed by atoms with Gasteiger partial charge in [-0.2, -0.15) is 0 Å². The second-order valence-corrected chi connectivity index (χ2v) is 10.8. The number of fused-ring (bicyclic) bond motifs is 1. The van der Waals surface area contributed by atoms with Crippen molar-refractivity contribution in [1.29, 1.82) is 0 Å². The molecule has 0 aliphatic carbocycles. The highest BCUT2D eigenvalue weighted by Gasteiger charge is 2.15. The summed E-state index contributed by atoms with van der Waals surface area (Å²) in [5.74, 6) is 0.747. The van der Waals surface area contributed by atoms with E-state index in [1.54, 1.807) is 0 Å². The zero-order chi connectivity index (χ0) is 27.6. The summed E-state index contributed by atoms with van der Waals surface area (Å²) in [4.78, 5) is 20.8. The molecule has 9 heteroatoms. The van der Waals surface area contributed by atoms with Gasteiger partial charge in [0.25, 0.3) is 5.91 Å². The van der Waals surface area contributed by atoms with Crippen molar-refractivity contribution in [1.82, 2.24) is 20.5 Å². The molecule has 40 heavy (non-hydrogen) atoms. The van der Waals surface area contributed by atoms with Gasteiger partial charge < -0.3 is 31.5 Å². The molecule has 1 aliphatic heterocycles. The monoisotopic (exact) mass is 555 g/mol. The molecule has 8 nitrogen and oxygen atoms in total. The summed E-state index contributed by atoms with van der Waals surface area (Å²) in [7, 11) is 1.88. The van der Waals surface area contributed by atoms with E-state index in [0.29, 0.717) is 11.4 Å². The molecule has 1 fully saturated rings. The van der Waals surface area contributed by atoms with Crippen LogP contribution in [0.4, 0.5) is 17.1 Å². The number of nitrogens with one attached hydrogen (secondary N) is 5. The lowest BCUT2D eigenvalue weighted by Crippen LogP contribution is -2.36. The number of thiophene rings is 1. The van der Waals surface area contributed by atoms with Gasteiger partial charge in [0.1, 0.15) is 10.7 Å². The number of hydrogen-bond acceptors (Lipinski definition) is 8. The van der Waals surface area contributed by atoms with Crippen molar-refractivity contribution in [2.24, 2.45) is 0 Å². The van der Waals surface area contributed by atoms with Gasteiger partial charge in [-0.05, 0) is 73.3 Å². The highest BCUT2D eigenvalue weighted by atomic mass is 32.1. The zero-order valence-corrected chi connectivity index (χ0v) is 23.7. The van der Waals surface area contributed by atoms with Crippen LogP contribution in [0.3, 0.4) is 0 Å². The van der Waals surface area contributed by atoms with Crippen LogP contribution in [-0.2, 0) is 6.54 Å². The highest BCUT2D eigenvalue weighted by Crippen LogP contribution is 2.26. The summed E-state index contributed by atoms with van der Waals surface area (Å²) >= 11 is 1.42. The molecule has 5 N–H and O–H groups in total. The van der Waals surface area contributed by atoms with Gasteiger partial charge >= 0.3 is 0 Å². The number of para-hydroxylation sites is 1. The normalized spacial score (nSPS) is 14.1. The van der Waals surface area contributed by atoms with Crippen molar-refractivity contribution < 1.29 is 4.79 Å². The fourth-order valence-corrected chi connectivity index (χ4v) is 5.71. The maximum Gasteiger partial charge on any atom is 0.267 e. The fraction of sp³-hybridized carbons (Fsp3) is 0.290. The number of aromatic nitrogens is 1. The Morgan fingerprint density at radius 1 is 1.00 bits per heavy atom. The number of anilines is 3. The zero-order valence-electron chi connectivity index (χ0n) is 22.9. The number of likely N-dealkylation sites (tertiary alicyclic amines) is 1. The molecule has 2 aromatic heterocycles. The molecular weight excluding hydrogens is 518 g/mol. The molecule has 0 saturated carbocycles. The van der Waals surface area contributed by atoms with Gasteiger partial charge in [0.05, 0.1) is 11.2 Å². The Morgan fingerprint density at radius 3 is 2.67 bits per heavy atom. The Balaban J connectivity index is 1.18. The smallest absolute Gasteiger partial charge is 0.267 e. The standard InChI is InChI=1S/C31H37N7OS/c1-32-22-29(34-15-18-38-16-5-2-6-17-38)36-24-8-7-9-25(20-24)37-31(39)30-28(13-19-40-30)35-21-23-12-14-33-27-11-4-3-10-26(23)27/h3-4,7-14,19-20,22,32,34-36H,2,5-6,15-18,21H2,1H3,(H,37,39)/b29-22+. The van der Waals surface area contributed by atoms with Crippen molar-refractivity contribution in [2.45, 2.75) is 25.8 Å². The molecule has 0 atom stereocenters. The van der Waals surface area contributed by atoms with Crippen molar-refractivity contribution in [3.05, 3.63) is 94.7 Å². The third-order valence-corrected chi connectivity index (χ3v) is 7.87. The Labute approximate surface area is 239 Å². The van der Waals surface area contributed by atoms with E-state index in [1.165, 1.54) is 43.7 Å². The summed E-state index contributed by atoms with van der Waals surface area (Å²) < 4.78 is 0. The first kappa shape index (κ1) is 27.5. The average Bonchev–Trinajstić information content (AvgIpc) is 3.46. The molecule has 4 aromatic rings. The SMILES string of the molecule is CN/C=C(\NCCN1CCCCC1)Nc1cccc(NC(=O)c2sccc2NCc2ccnc3ccccc23)c1. The number of benzene rings is 2. The van der Waals surface area contributed by atoms with Crippen molar-refractivity contribution in [3.8, 4) is 0 Å². The third-order valence-electron chi connectivity index (χ3n) is 6.96. The number of hydrogen-bond donors (Lipinski definition) is 5. The number of rotatable bonds is 12. The van der Waals surface area contributed by atoms with Gasteiger partial charge in [0.15, 0.2) is 0 Å². The summed E-state index contributed by atoms with van der Waals surface area (Å²) in [6.45, 7) is 4.85. The van der Waals surface area contributed by atoms with Crippen LogP contribution in [0.25, 0.3) is 10.9 Å². The largest absolute Gasteiger partial charge is 0.391 e. The van der Waals surface area contributed by atoms with Crippen molar-refractivity contribution in [3.63, 3.8) is 0 Å². The molecule has 0 spiro atoms. The van der Waals surface area contributed by atoms with E-state index in [1.807, 2.05) is 79.4 Å². The van der Waals surface area contributed by atoms with Crippen LogP contribution in [-0.4, -0.2) is 49.0 Å². The molecule has 0 radical (unpaired) electrons. The topological polar surface area (TPSA) is 93.4 Å². The average molecular weight is 556 g/mol. The number of nitrogens with zero attached hydrogens (tertiary/aromatic N) is 2. The van der Waals surface area contributed by atoms with Crippen LogP contribution >= 0.6 is 11.3 Å². The molecule has 1 amide bonds. The lowest BCUT2D eigenvalue weighted by Gasteiger charge is -2.26. The molecular formula is C31H37N7OS. The Kier molecular flexibility index (Phi) is 9.50. The van der Waals surface area contributed by atoms with E-state index in [-0.39, 0.29) is 5.91 Å². The lowest BCUT2D eigenvalue weighted by atomic mass is 10.1. The summed E-state index contributed by atoms with van der Waals surface area (Å²) in [6.07, 6.45) is 7.67. The maximum atomic E-state index is 13.2. The van der Waals surface area contributed by atoms with Crippen molar-refractivity contribution >= 4 is 45.2 Å². The molecule has 2 aromatic carbocycles. The minimum absolute atomic E-state index is 0.139. The van der Waals surface area contributed by atoms with E-state index >= 15 is 0 Å². The number of carbonyl (C=O) groups is 1. The highest BCUT2D eigenvalue weighted by molar-refractivity contribution is 7.12. The Morgan fingerprint density at radius 2 is 1.82 bits per heavy atom. The van der Waals surface area contributed by atoms with Crippen LogP contribution < -0.4 is 26.6 Å². The maximum absolute atomic E-state index is 13.2.